The van der Waals surface area contributed by atoms with E-state index in [1.807, 2.05) is 0 Å². The van der Waals surface area contributed by atoms with Gasteiger partial charge in [0.15, 0.2) is 0 Å². The number of benzene rings is 1. The van der Waals surface area contributed by atoms with Gasteiger partial charge in [0, 0.05) is 12.1 Å². The van der Waals surface area contributed by atoms with Crippen molar-refractivity contribution >= 4 is 11.7 Å². The molecule has 3 fully saturated rings. The molecular formula is C17H21NO4. The molecule has 0 aliphatic heterocycles. The van der Waals surface area contributed by atoms with Crippen molar-refractivity contribution in [2.45, 2.75) is 39.7 Å². The van der Waals surface area contributed by atoms with Crippen LogP contribution in [0.4, 0.5) is 5.69 Å². The number of nitro groups is 1. The molecule has 0 heterocycles. The van der Waals surface area contributed by atoms with Crippen molar-refractivity contribution in [3.05, 3.63) is 39.9 Å². The first-order valence-electron chi connectivity index (χ1n) is 7.76. The fourth-order valence-corrected chi connectivity index (χ4v) is 4.18. The number of esters is 1. The number of hydrogen-bond donors (Lipinski definition) is 0. The molecule has 5 nitrogen and oxygen atoms in total. The first-order valence-corrected chi connectivity index (χ1v) is 7.76. The lowest BCUT2D eigenvalue weighted by molar-refractivity contribution is -0.384. The van der Waals surface area contributed by atoms with Gasteiger partial charge in [-0.1, -0.05) is 20.8 Å². The van der Waals surface area contributed by atoms with Crippen LogP contribution in [0.15, 0.2) is 24.3 Å². The number of rotatable bonds is 3. The van der Waals surface area contributed by atoms with E-state index in [1.54, 1.807) is 0 Å². The molecule has 3 aliphatic rings. The predicted molar refractivity (Wildman–Crippen MR) is 81.5 cm³/mol. The summed E-state index contributed by atoms with van der Waals surface area (Å²) in [6.45, 7) is 6.77. The SMILES string of the molecule is C[C@H]1[C@H](OC(=O)c2ccc([N+](=O)[O-])cc2)C[C@H]2C[C@@H]1C2(C)C. The third kappa shape index (κ3) is 2.28. The Morgan fingerprint density at radius 2 is 1.91 bits per heavy atom. The van der Waals surface area contributed by atoms with Gasteiger partial charge in [-0.3, -0.25) is 10.1 Å². The van der Waals surface area contributed by atoms with Crippen molar-refractivity contribution in [3.63, 3.8) is 0 Å². The summed E-state index contributed by atoms with van der Waals surface area (Å²) in [6.07, 6.45) is 2.11. The number of nitrogens with zero attached hydrogens (tertiary/aromatic N) is 1. The molecule has 0 spiro atoms. The number of hydrogen-bond acceptors (Lipinski definition) is 4. The normalized spacial score (nSPS) is 32.0. The molecule has 4 atom stereocenters. The van der Waals surface area contributed by atoms with Crippen LogP contribution in [0.25, 0.3) is 0 Å². The van der Waals surface area contributed by atoms with E-state index < -0.39 is 4.92 Å². The zero-order valence-electron chi connectivity index (χ0n) is 13.1. The highest BCUT2D eigenvalue weighted by Crippen LogP contribution is 2.61. The largest absolute Gasteiger partial charge is 0.458 e. The van der Waals surface area contributed by atoms with Crippen LogP contribution in [0.5, 0.6) is 0 Å². The molecule has 1 aromatic carbocycles. The molecular weight excluding hydrogens is 282 g/mol. The standard InChI is InChI=1S/C17H21NO4/c1-10-14-8-12(17(14,2)3)9-15(10)22-16(19)11-4-6-13(7-5-11)18(20)21/h4-7,10,12,14-15H,8-9H2,1-3H3/t10-,12-,14+,15-/m1/s1. The quantitative estimate of drug-likeness (QED) is 0.483. The second-order valence-electron chi connectivity index (χ2n) is 7.20. The van der Waals surface area contributed by atoms with Crippen molar-refractivity contribution < 1.29 is 14.5 Å². The summed E-state index contributed by atoms with van der Waals surface area (Å²) >= 11 is 0. The van der Waals surface area contributed by atoms with Gasteiger partial charge in [-0.05, 0) is 48.1 Å². The van der Waals surface area contributed by atoms with Crippen LogP contribution < -0.4 is 0 Å². The Morgan fingerprint density at radius 3 is 2.41 bits per heavy atom. The van der Waals surface area contributed by atoms with Gasteiger partial charge in [-0.15, -0.1) is 0 Å². The van der Waals surface area contributed by atoms with E-state index in [0.717, 1.165) is 6.42 Å². The van der Waals surface area contributed by atoms with Gasteiger partial charge in [0.2, 0.25) is 0 Å². The first-order chi connectivity index (χ1) is 10.3. The van der Waals surface area contributed by atoms with E-state index in [0.29, 0.717) is 28.7 Å². The topological polar surface area (TPSA) is 69.4 Å². The van der Waals surface area contributed by atoms with Gasteiger partial charge in [-0.25, -0.2) is 4.79 Å². The molecule has 0 radical (unpaired) electrons. The van der Waals surface area contributed by atoms with Crippen molar-refractivity contribution in [1.82, 2.24) is 0 Å². The monoisotopic (exact) mass is 303 g/mol. The number of carbonyl (C=O) groups excluding carboxylic acids is 1. The number of nitro benzene ring substituents is 1. The molecule has 3 saturated carbocycles. The molecule has 118 valence electrons. The van der Waals surface area contributed by atoms with Crippen LogP contribution >= 0.6 is 0 Å². The minimum Gasteiger partial charge on any atom is -0.458 e. The fraction of sp³-hybridized carbons (Fsp3) is 0.588. The first kappa shape index (κ1) is 15.0. The highest BCUT2D eigenvalue weighted by molar-refractivity contribution is 5.89. The molecule has 4 rings (SSSR count). The number of ether oxygens (including phenoxy) is 1. The minimum absolute atomic E-state index is 0.0226. The Kier molecular flexibility index (Phi) is 3.46. The summed E-state index contributed by atoms with van der Waals surface area (Å²) in [4.78, 5) is 22.4. The highest BCUT2D eigenvalue weighted by Gasteiger charge is 2.57. The zero-order chi connectivity index (χ0) is 16.1. The molecule has 5 heteroatoms. The summed E-state index contributed by atoms with van der Waals surface area (Å²) in [5.41, 5.74) is 0.706. The van der Waals surface area contributed by atoms with Gasteiger partial charge in [0.05, 0.1) is 10.5 Å². The maximum atomic E-state index is 12.2. The lowest BCUT2D eigenvalue weighted by Crippen LogP contribution is -2.57. The lowest BCUT2D eigenvalue weighted by Gasteiger charge is -2.61. The van der Waals surface area contributed by atoms with Crippen LogP contribution in [-0.2, 0) is 4.74 Å². The third-order valence-corrected chi connectivity index (χ3v) is 5.86. The van der Waals surface area contributed by atoms with E-state index in [9.17, 15) is 14.9 Å². The summed E-state index contributed by atoms with van der Waals surface area (Å²) in [6, 6.07) is 5.58. The molecule has 3 aliphatic carbocycles. The molecule has 0 N–H and O–H groups in total. The molecule has 0 unspecified atom stereocenters. The summed E-state index contributed by atoms with van der Waals surface area (Å²) < 4.78 is 5.68. The molecule has 0 aromatic heterocycles. The third-order valence-electron chi connectivity index (χ3n) is 5.86. The van der Waals surface area contributed by atoms with Crippen LogP contribution in [0.1, 0.15) is 44.0 Å². The summed E-state index contributed by atoms with van der Waals surface area (Å²) in [5, 5.41) is 10.6. The van der Waals surface area contributed by atoms with Crippen LogP contribution in [0, 0.1) is 33.3 Å². The van der Waals surface area contributed by atoms with Gasteiger partial charge in [-0.2, -0.15) is 0 Å². The summed E-state index contributed by atoms with van der Waals surface area (Å²) in [5.74, 6) is 1.22. The van der Waals surface area contributed by atoms with E-state index in [4.69, 9.17) is 4.74 Å². The Morgan fingerprint density at radius 1 is 1.27 bits per heavy atom. The fourth-order valence-electron chi connectivity index (χ4n) is 4.18. The number of carbonyl (C=O) groups is 1. The van der Waals surface area contributed by atoms with E-state index in [-0.39, 0.29) is 17.8 Å². The average molecular weight is 303 g/mol. The van der Waals surface area contributed by atoms with Crippen LogP contribution in [0.2, 0.25) is 0 Å². The Labute approximate surface area is 129 Å². The second kappa shape index (κ2) is 5.07. The Hall–Kier alpha value is -1.91. The summed E-state index contributed by atoms with van der Waals surface area (Å²) in [7, 11) is 0. The maximum absolute atomic E-state index is 12.2. The molecule has 0 saturated heterocycles. The Balaban J connectivity index is 1.66. The van der Waals surface area contributed by atoms with Crippen molar-refractivity contribution in [1.29, 1.82) is 0 Å². The maximum Gasteiger partial charge on any atom is 0.338 e. The van der Waals surface area contributed by atoms with Gasteiger partial charge in [0.1, 0.15) is 6.10 Å². The van der Waals surface area contributed by atoms with Gasteiger partial charge in [0.25, 0.3) is 5.69 Å². The highest BCUT2D eigenvalue weighted by atomic mass is 16.6. The molecule has 1 aromatic rings. The van der Waals surface area contributed by atoms with E-state index in [2.05, 4.69) is 20.8 Å². The molecule has 2 bridgehead atoms. The van der Waals surface area contributed by atoms with Crippen molar-refractivity contribution in [3.8, 4) is 0 Å². The predicted octanol–water partition coefficient (Wildman–Crippen LogP) is 3.82. The number of fused-ring (bicyclic) bond motifs is 2. The van der Waals surface area contributed by atoms with E-state index >= 15 is 0 Å². The van der Waals surface area contributed by atoms with E-state index in [1.165, 1.54) is 30.7 Å². The van der Waals surface area contributed by atoms with Gasteiger partial charge < -0.3 is 4.74 Å². The van der Waals surface area contributed by atoms with Crippen LogP contribution in [0.3, 0.4) is 0 Å². The van der Waals surface area contributed by atoms with Gasteiger partial charge >= 0.3 is 5.97 Å². The lowest BCUT2D eigenvalue weighted by atomic mass is 9.45. The zero-order valence-corrected chi connectivity index (χ0v) is 13.1. The minimum atomic E-state index is -0.478. The Bertz CT molecular complexity index is 608. The molecule has 0 amide bonds. The average Bonchev–Trinajstić information content (AvgIpc) is 2.48. The van der Waals surface area contributed by atoms with Crippen molar-refractivity contribution in [2.24, 2.45) is 23.2 Å². The van der Waals surface area contributed by atoms with Crippen LogP contribution in [-0.4, -0.2) is 17.0 Å². The smallest absolute Gasteiger partial charge is 0.338 e. The molecule has 22 heavy (non-hydrogen) atoms. The van der Waals surface area contributed by atoms with Crippen molar-refractivity contribution in [2.75, 3.05) is 0 Å². The second-order valence-corrected chi connectivity index (χ2v) is 7.20. The number of non-ortho nitro benzene ring substituents is 1.